The topological polar surface area (TPSA) is 76.3 Å². The number of carbonyl (C=O) groups is 1. The van der Waals surface area contributed by atoms with Gasteiger partial charge >= 0.3 is 0 Å². The summed E-state index contributed by atoms with van der Waals surface area (Å²) in [7, 11) is 0. The zero-order valence-electron chi connectivity index (χ0n) is 12.1. The van der Waals surface area contributed by atoms with Crippen molar-refractivity contribution in [2.75, 3.05) is 13.1 Å². The standard InChI is InChI=1S/C14H18ClN3O3/c1-3-14(4-2)5-6-17(9-14)13(19)11-7-10(18(20)21)8-16-12(11)15/h7-8H,3-6,9H2,1-2H3. The highest BCUT2D eigenvalue weighted by Gasteiger charge is 2.38. The van der Waals surface area contributed by atoms with E-state index >= 15 is 0 Å². The number of nitrogens with zero attached hydrogens (tertiary/aromatic N) is 3. The van der Waals surface area contributed by atoms with Gasteiger partial charge in [0.15, 0.2) is 0 Å². The first-order chi connectivity index (χ1) is 9.92. The summed E-state index contributed by atoms with van der Waals surface area (Å²) in [5.74, 6) is -0.278. The third kappa shape index (κ3) is 3.00. The fraction of sp³-hybridized carbons (Fsp3) is 0.571. The normalized spacial score (nSPS) is 17.0. The number of carbonyl (C=O) groups excluding carboxylic acids is 1. The molecule has 0 atom stereocenters. The monoisotopic (exact) mass is 311 g/mol. The van der Waals surface area contributed by atoms with Gasteiger partial charge in [-0.1, -0.05) is 25.4 Å². The van der Waals surface area contributed by atoms with Crippen LogP contribution in [0.25, 0.3) is 0 Å². The van der Waals surface area contributed by atoms with Gasteiger partial charge in [-0.15, -0.1) is 0 Å². The molecule has 2 rings (SSSR count). The van der Waals surface area contributed by atoms with Crippen molar-refractivity contribution in [2.45, 2.75) is 33.1 Å². The summed E-state index contributed by atoms with van der Waals surface area (Å²) in [5, 5.41) is 10.8. The van der Waals surface area contributed by atoms with Crippen molar-refractivity contribution in [3.05, 3.63) is 33.1 Å². The zero-order valence-corrected chi connectivity index (χ0v) is 12.9. The Hall–Kier alpha value is -1.69. The van der Waals surface area contributed by atoms with Crippen molar-refractivity contribution >= 4 is 23.2 Å². The predicted octanol–water partition coefficient (Wildman–Crippen LogP) is 3.30. The van der Waals surface area contributed by atoms with E-state index in [2.05, 4.69) is 18.8 Å². The molecule has 1 aliphatic rings. The van der Waals surface area contributed by atoms with Crippen LogP contribution in [0.5, 0.6) is 0 Å². The number of rotatable bonds is 4. The molecule has 0 spiro atoms. The molecule has 0 aromatic carbocycles. The van der Waals surface area contributed by atoms with Gasteiger partial charge in [0.25, 0.3) is 11.6 Å². The van der Waals surface area contributed by atoms with Crippen LogP contribution in [0.3, 0.4) is 0 Å². The first-order valence-corrected chi connectivity index (χ1v) is 7.39. The van der Waals surface area contributed by atoms with Crippen molar-refractivity contribution in [1.82, 2.24) is 9.88 Å². The minimum atomic E-state index is -0.577. The summed E-state index contributed by atoms with van der Waals surface area (Å²) in [4.78, 5) is 28.2. The summed E-state index contributed by atoms with van der Waals surface area (Å²) < 4.78 is 0. The Kier molecular flexibility index (Phi) is 4.46. The molecule has 21 heavy (non-hydrogen) atoms. The molecule has 0 unspecified atom stereocenters. The number of amides is 1. The first kappa shape index (κ1) is 15.7. The van der Waals surface area contributed by atoms with E-state index in [1.807, 2.05) is 0 Å². The fourth-order valence-electron chi connectivity index (χ4n) is 2.79. The van der Waals surface area contributed by atoms with E-state index in [0.717, 1.165) is 25.5 Å². The highest BCUT2D eigenvalue weighted by atomic mass is 35.5. The number of nitro groups is 1. The molecule has 1 aromatic rings. The molecular formula is C14H18ClN3O3. The van der Waals surface area contributed by atoms with Gasteiger partial charge in [-0.2, -0.15) is 0 Å². The van der Waals surface area contributed by atoms with Crippen LogP contribution >= 0.6 is 11.6 Å². The number of pyridine rings is 1. The van der Waals surface area contributed by atoms with Crippen molar-refractivity contribution in [3.63, 3.8) is 0 Å². The Labute approximate surface area is 128 Å². The lowest BCUT2D eigenvalue weighted by atomic mass is 9.82. The summed E-state index contributed by atoms with van der Waals surface area (Å²) in [6.07, 6.45) is 4.03. The van der Waals surface area contributed by atoms with Gasteiger partial charge in [0, 0.05) is 19.2 Å². The predicted molar refractivity (Wildman–Crippen MR) is 79.4 cm³/mol. The Morgan fingerprint density at radius 3 is 2.71 bits per heavy atom. The molecule has 0 N–H and O–H groups in total. The molecule has 1 amide bonds. The summed E-state index contributed by atoms with van der Waals surface area (Å²) in [5.41, 5.74) is 0.0316. The molecule has 0 radical (unpaired) electrons. The number of likely N-dealkylation sites (tertiary alicyclic amines) is 1. The number of aromatic nitrogens is 1. The number of hydrogen-bond donors (Lipinski definition) is 0. The third-order valence-corrected chi connectivity index (χ3v) is 4.79. The van der Waals surface area contributed by atoms with Gasteiger partial charge in [0.1, 0.15) is 11.3 Å². The van der Waals surface area contributed by atoms with Crippen molar-refractivity contribution in [1.29, 1.82) is 0 Å². The molecule has 1 fully saturated rings. The maximum Gasteiger partial charge on any atom is 0.288 e. The number of halogens is 1. The highest BCUT2D eigenvalue weighted by molar-refractivity contribution is 6.32. The second-order valence-corrected chi connectivity index (χ2v) is 5.83. The SMILES string of the molecule is CCC1(CC)CCN(C(=O)c2cc([N+](=O)[O-])cnc2Cl)C1. The van der Waals surface area contributed by atoms with E-state index in [1.165, 1.54) is 6.07 Å². The van der Waals surface area contributed by atoms with Crippen molar-refractivity contribution in [3.8, 4) is 0 Å². The average molecular weight is 312 g/mol. The Morgan fingerprint density at radius 1 is 1.52 bits per heavy atom. The van der Waals surface area contributed by atoms with Crippen LogP contribution in [0.15, 0.2) is 12.3 Å². The summed E-state index contributed by atoms with van der Waals surface area (Å²) in [6.45, 7) is 5.57. The maximum absolute atomic E-state index is 12.5. The van der Waals surface area contributed by atoms with E-state index < -0.39 is 4.92 Å². The van der Waals surface area contributed by atoms with Gasteiger partial charge in [-0.05, 0) is 24.7 Å². The zero-order chi connectivity index (χ0) is 15.6. The molecule has 1 aliphatic heterocycles. The van der Waals surface area contributed by atoms with Crippen molar-refractivity contribution < 1.29 is 9.72 Å². The van der Waals surface area contributed by atoms with Crippen LogP contribution in [-0.2, 0) is 0 Å². The van der Waals surface area contributed by atoms with E-state index in [-0.39, 0.29) is 27.7 Å². The molecule has 0 saturated carbocycles. The average Bonchev–Trinajstić information content (AvgIpc) is 2.92. The molecule has 114 valence electrons. The van der Waals surface area contributed by atoms with Gasteiger partial charge in [-0.3, -0.25) is 14.9 Å². The van der Waals surface area contributed by atoms with Crippen LogP contribution < -0.4 is 0 Å². The van der Waals surface area contributed by atoms with Gasteiger partial charge < -0.3 is 4.90 Å². The molecule has 2 heterocycles. The summed E-state index contributed by atoms with van der Waals surface area (Å²) >= 11 is 5.93. The van der Waals surface area contributed by atoms with E-state index in [1.54, 1.807) is 4.90 Å². The van der Waals surface area contributed by atoms with E-state index in [0.29, 0.717) is 13.1 Å². The molecule has 0 bridgehead atoms. The summed E-state index contributed by atoms with van der Waals surface area (Å²) in [6, 6.07) is 1.20. The minimum Gasteiger partial charge on any atom is -0.338 e. The fourth-order valence-corrected chi connectivity index (χ4v) is 2.98. The van der Waals surface area contributed by atoms with Crippen LogP contribution in [0, 0.1) is 15.5 Å². The van der Waals surface area contributed by atoms with Crippen LogP contribution in [0.1, 0.15) is 43.5 Å². The van der Waals surface area contributed by atoms with Crippen LogP contribution in [-0.4, -0.2) is 33.8 Å². The molecular weight excluding hydrogens is 294 g/mol. The molecule has 7 heteroatoms. The van der Waals surface area contributed by atoms with Gasteiger partial charge in [-0.25, -0.2) is 4.98 Å². The van der Waals surface area contributed by atoms with Gasteiger partial charge in [0.2, 0.25) is 0 Å². The molecule has 6 nitrogen and oxygen atoms in total. The first-order valence-electron chi connectivity index (χ1n) is 7.01. The van der Waals surface area contributed by atoms with Crippen LogP contribution in [0.4, 0.5) is 5.69 Å². The quantitative estimate of drug-likeness (QED) is 0.485. The Bertz CT molecular complexity index is 573. The Morgan fingerprint density at radius 2 is 2.19 bits per heavy atom. The Balaban J connectivity index is 2.25. The van der Waals surface area contributed by atoms with E-state index in [4.69, 9.17) is 11.6 Å². The lowest BCUT2D eigenvalue weighted by Crippen LogP contribution is -2.32. The molecule has 0 aliphatic carbocycles. The lowest BCUT2D eigenvalue weighted by molar-refractivity contribution is -0.385. The second-order valence-electron chi connectivity index (χ2n) is 5.47. The maximum atomic E-state index is 12.5. The second kappa shape index (κ2) is 5.97. The number of hydrogen-bond acceptors (Lipinski definition) is 4. The smallest absolute Gasteiger partial charge is 0.288 e. The van der Waals surface area contributed by atoms with Crippen LogP contribution in [0.2, 0.25) is 5.15 Å². The molecule has 1 saturated heterocycles. The molecule has 1 aromatic heterocycles. The lowest BCUT2D eigenvalue weighted by Gasteiger charge is -2.26. The minimum absolute atomic E-state index is 0.0103. The highest BCUT2D eigenvalue weighted by Crippen LogP contribution is 2.38. The van der Waals surface area contributed by atoms with E-state index in [9.17, 15) is 14.9 Å². The third-order valence-electron chi connectivity index (χ3n) is 4.49. The largest absolute Gasteiger partial charge is 0.338 e. The van der Waals surface area contributed by atoms with Crippen molar-refractivity contribution in [2.24, 2.45) is 5.41 Å². The van der Waals surface area contributed by atoms with Gasteiger partial charge in [0.05, 0.1) is 10.5 Å².